The van der Waals surface area contributed by atoms with Gasteiger partial charge in [0.15, 0.2) is 0 Å². The van der Waals surface area contributed by atoms with Crippen LogP contribution >= 0.6 is 11.6 Å². The third kappa shape index (κ3) is 3.22. The summed E-state index contributed by atoms with van der Waals surface area (Å²) in [6.07, 6.45) is 4.16. The molecule has 0 N–H and O–H groups in total. The van der Waals surface area contributed by atoms with Gasteiger partial charge in [-0.15, -0.1) is 0 Å². The quantitative estimate of drug-likeness (QED) is 0.656. The van der Waals surface area contributed by atoms with Crippen LogP contribution in [-0.2, 0) is 6.42 Å². The summed E-state index contributed by atoms with van der Waals surface area (Å²) in [5, 5.41) is 0.572. The molecule has 66 valence electrons. The van der Waals surface area contributed by atoms with E-state index in [4.69, 9.17) is 11.6 Å². The molecule has 0 aromatic carbocycles. The van der Waals surface area contributed by atoms with Crippen molar-refractivity contribution in [2.24, 2.45) is 5.92 Å². The van der Waals surface area contributed by atoms with E-state index < -0.39 is 0 Å². The summed E-state index contributed by atoms with van der Waals surface area (Å²) in [7, 11) is 0. The van der Waals surface area contributed by atoms with Gasteiger partial charge in [-0.3, -0.25) is 0 Å². The van der Waals surface area contributed by atoms with Crippen molar-refractivity contribution in [1.82, 2.24) is 4.98 Å². The third-order valence-electron chi connectivity index (χ3n) is 1.80. The monoisotopic (exact) mass is 183 g/mol. The van der Waals surface area contributed by atoms with Crippen LogP contribution in [0.1, 0.15) is 25.8 Å². The minimum Gasteiger partial charge on any atom is -0.244 e. The molecule has 0 amide bonds. The lowest BCUT2D eigenvalue weighted by Crippen LogP contribution is -1.92. The predicted molar refractivity (Wildman–Crippen MR) is 52.4 cm³/mol. The Balaban J connectivity index is 2.48. The number of pyridine rings is 1. The second kappa shape index (κ2) is 4.46. The van der Waals surface area contributed by atoms with Gasteiger partial charge in [-0.1, -0.05) is 31.5 Å². The summed E-state index contributed by atoms with van der Waals surface area (Å²) >= 11 is 5.66. The molecule has 0 spiro atoms. The topological polar surface area (TPSA) is 12.9 Å². The van der Waals surface area contributed by atoms with E-state index in [0.29, 0.717) is 5.15 Å². The van der Waals surface area contributed by atoms with E-state index in [9.17, 15) is 0 Å². The van der Waals surface area contributed by atoms with Crippen LogP contribution in [0.2, 0.25) is 5.15 Å². The van der Waals surface area contributed by atoms with Gasteiger partial charge < -0.3 is 0 Å². The van der Waals surface area contributed by atoms with E-state index in [1.165, 1.54) is 12.0 Å². The molecular formula is C10H14ClN. The summed E-state index contributed by atoms with van der Waals surface area (Å²) in [6.45, 7) is 4.45. The van der Waals surface area contributed by atoms with Gasteiger partial charge in [0.25, 0.3) is 0 Å². The molecule has 2 heteroatoms. The maximum Gasteiger partial charge on any atom is 0.129 e. The highest BCUT2D eigenvalue weighted by Crippen LogP contribution is 2.10. The normalized spacial score (nSPS) is 10.7. The minimum absolute atomic E-state index is 0.572. The second-order valence-corrected chi connectivity index (χ2v) is 3.81. The molecule has 0 aliphatic rings. The summed E-state index contributed by atoms with van der Waals surface area (Å²) in [5.74, 6) is 0.751. The average Bonchev–Trinajstić information content (AvgIpc) is 2.03. The zero-order valence-corrected chi connectivity index (χ0v) is 8.30. The molecule has 0 atom stereocenters. The van der Waals surface area contributed by atoms with Crippen LogP contribution < -0.4 is 0 Å². The zero-order valence-electron chi connectivity index (χ0n) is 7.55. The van der Waals surface area contributed by atoms with Crippen molar-refractivity contribution in [3.63, 3.8) is 0 Å². The lowest BCUT2D eigenvalue weighted by atomic mass is 10.0. The van der Waals surface area contributed by atoms with Crippen molar-refractivity contribution in [3.05, 3.63) is 29.0 Å². The van der Waals surface area contributed by atoms with Crippen LogP contribution in [-0.4, -0.2) is 4.98 Å². The van der Waals surface area contributed by atoms with Gasteiger partial charge in [0.05, 0.1) is 0 Å². The van der Waals surface area contributed by atoms with Crippen LogP contribution in [0, 0.1) is 5.92 Å². The maximum absolute atomic E-state index is 5.66. The first-order chi connectivity index (χ1) is 5.68. The van der Waals surface area contributed by atoms with E-state index in [1.807, 2.05) is 18.3 Å². The molecule has 0 saturated carbocycles. The molecule has 0 saturated heterocycles. The summed E-state index contributed by atoms with van der Waals surface area (Å²) in [4.78, 5) is 4.02. The first kappa shape index (κ1) is 9.53. The molecule has 0 unspecified atom stereocenters. The van der Waals surface area contributed by atoms with Crippen molar-refractivity contribution < 1.29 is 0 Å². The van der Waals surface area contributed by atoms with E-state index in [-0.39, 0.29) is 0 Å². The van der Waals surface area contributed by atoms with Crippen molar-refractivity contribution >= 4 is 11.6 Å². The Morgan fingerprint density at radius 3 is 2.67 bits per heavy atom. The molecule has 0 aliphatic heterocycles. The minimum atomic E-state index is 0.572. The van der Waals surface area contributed by atoms with Gasteiger partial charge in [-0.25, -0.2) is 4.98 Å². The number of rotatable bonds is 3. The Labute approximate surface area is 78.8 Å². The zero-order chi connectivity index (χ0) is 8.97. The van der Waals surface area contributed by atoms with E-state index in [1.54, 1.807) is 0 Å². The number of aromatic nitrogens is 1. The Hall–Kier alpha value is -0.560. The fourth-order valence-electron chi connectivity index (χ4n) is 1.01. The van der Waals surface area contributed by atoms with Gasteiger partial charge in [-0.2, -0.15) is 0 Å². The summed E-state index contributed by atoms with van der Waals surface area (Å²) in [5.41, 5.74) is 1.27. The van der Waals surface area contributed by atoms with Crippen LogP contribution in [0.25, 0.3) is 0 Å². The number of nitrogens with zero attached hydrogens (tertiary/aromatic N) is 1. The Morgan fingerprint density at radius 1 is 1.42 bits per heavy atom. The smallest absolute Gasteiger partial charge is 0.129 e. The molecule has 1 aromatic rings. The van der Waals surface area contributed by atoms with E-state index in [0.717, 1.165) is 12.3 Å². The molecule has 0 fully saturated rings. The Kier molecular flexibility index (Phi) is 3.54. The van der Waals surface area contributed by atoms with Gasteiger partial charge in [0, 0.05) is 6.20 Å². The highest BCUT2D eigenvalue weighted by molar-refractivity contribution is 6.29. The van der Waals surface area contributed by atoms with Crippen molar-refractivity contribution in [1.29, 1.82) is 0 Å². The van der Waals surface area contributed by atoms with Crippen LogP contribution in [0.5, 0.6) is 0 Å². The predicted octanol–water partition coefficient (Wildman–Crippen LogP) is 3.32. The number of hydrogen-bond donors (Lipinski definition) is 0. The molecule has 1 heterocycles. The second-order valence-electron chi connectivity index (χ2n) is 3.42. The van der Waals surface area contributed by atoms with Gasteiger partial charge in [-0.05, 0) is 30.4 Å². The van der Waals surface area contributed by atoms with Crippen LogP contribution in [0.4, 0.5) is 0 Å². The highest BCUT2D eigenvalue weighted by atomic mass is 35.5. The molecule has 1 nitrogen and oxygen atoms in total. The largest absolute Gasteiger partial charge is 0.244 e. The average molecular weight is 184 g/mol. The highest BCUT2D eigenvalue weighted by Gasteiger charge is 1.96. The van der Waals surface area contributed by atoms with Crippen molar-refractivity contribution in [3.8, 4) is 0 Å². The SMILES string of the molecule is CC(C)CCc1ccc(Cl)nc1. The van der Waals surface area contributed by atoms with Crippen molar-refractivity contribution in [2.45, 2.75) is 26.7 Å². The molecule has 0 aliphatic carbocycles. The molecule has 12 heavy (non-hydrogen) atoms. The van der Waals surface area contributed by atoms with E-state index in [2.05, 4.69) is 18.8 Å². The standard InChI is InChI=1S/C10H14ClN/c1-8(2)3-4-9-5-6-10(11)12-7-9/h5-8H,3-4H2,1-2H3. The van der Waals surface area contributed by atoms with E-state index >= 15 is 0 Å². The van der Waals surface area contributed by atoms with Gasteiger partial charge in [0.2, 0.25) is 0 Å². The Bertz CT molecular complexity index is 228. The Morgan fingerprint density at radius 2 is 2.17 bits per heavy atom. The van der Waals surface area contributed by atoms with Crippen LogP contribution in [0.3, 0.4) is 0 Å². The van der Waals surface area contributed by atoms with Gasteiger partial charge >= 0.3 is 0 Å². The molecule has 0 radical (unpaired) electrons. The summed E-state index contributed by atoms with van der Waals surface area (Å²) in [6, 6.07) is 3.88. The molecule has 0 bridgehead atoms. The maximum atomic E-state index is 5.66. The first-order valence-electron chi connectivity index (χ1n) is 4.29. The number of hydrogen-bond acceptors (Lipinski definition) is 1. The lowest BCUT2D eigenvalue weighted by Gasteiger charge is -2.03. The summed E-state index contributed by atoms with van der Waals surface area (Å²) < 4.78 is 0. The molecular weight excluding hydrogens is 170 g/mol. The third-order valence-corrected chi connectivity index (χ3v) is 2.02. The van der Waals surface area contributed by atoms with Gasteiger partial charge in [0.1, 0.15) is 5.15 Å². The molecule has 1 rings (SSSR count). The van der Waals surface area contributed by atoms with Crippen LogP contribution in [0.15, 0.2) is 18.3 Å². The fourth-order valence-corrected chi connectivity index (χ4v) is 1.12. The fraction of sp³-hybridized carbons (Fsp3) is 0.500. The van der Waals surface area contributed by atoms with Crippen molar-refractivity contribution in [2.75, 3.05) is 0 Å². The first-order valence-corrected chi connectivity index (χ1v) is 4.66. The molecule has 1 aromatic heterocycles. The number of aryl methyl sites for hydroxylation is 1. The number of halogens is 1. The lowest BCUT2D eigenvalue weighted by molar-refractivity contribution is 0.586.